The summed E-state index contributed by atoms with van der Waals surface area (Å²) < 4.78 is 15.7. The molecular weight excluding hydrogens is 701 g/mol. The summed E-state index contributed by atoms with van der Waals surface area (Å²) in [5.74, 6) is 1.44. The lowest BCUT2D eigenvalue weighted by molar-refractivity contribution is 0.628. The number of nitrogens with zero attached hydrogens (tertiary/aromatic N) is 3. The van der Waals surface area contributed by atoms with E-state index in [2.05, 4.69) is 137 Å². The van der Waals surface area contributed by atoms with E-state index in [0.717, 1.165) is 83.2 Å². The van der Waals surface area contributed by atoms with Gasteiger partial charge in [-0.05, 0) is 59.7 Å². The van der Waals surface area contributed by atoms with Crippen LogP contribution in [-0.4, -0.2) is 16.2 Å². The number of hydrogen-bond acceptors (Lipinski definition) is 5. The fourth-order valence-electron chi connectivity index (χ4n) is 8.67. The molecule has 11 aromatic rings. The number of para-hydroxylation sites is 3. The zero-order chi connectivity index (χ0) is 37.5. The Hall–Kier alpha value is -7.70. The lowest BCUT2D eigenvalue weighted by atomic mass is 9.97. The summed E-state index contributed by atoms with van der Waals surface area (Å²) in [4.78, 5) is 10.1. The molecule has 6 nitrogen and oxygen atoms in total. The second-order valence-electron chi connectivity index (χ2n) is 14.6. The van der Waals surface area contributed by atoms with Crippen LogP contribution in [0.25, 0.3) is 82.5 Å². The van der Waals surface area contributed by atoms with E-state index in [1.54, 1.807) is 0 Å². The second-order valence-corrected chi connectivity index (χ2v) is 14.6. The van der Waals surface area contributed by atoms with Crippen LogP contribution in [0.4, 0.5) is 0 Å². The van der Waals surface area contributed by atoms with Gasteiger partial charge in [-0.25, -0.2) is 9.98 Å². The third kappa shape index (κ3) is 4.97. The summed E-state index contributed by atoms with van der Waals surface area (Å²) in [5.41, 5.74) is 11.8. The van der Waals surface area contributed by atoms with Crippen molar-refractivity contribution in [3.05, 3.63) is 199 Å². The van der Waals surface area contributed by atoms with Gasteiger partial charge in [0, 0.05) is 54.7 Å². The molecule has 6 heteroatoms. The first-order valence-corrected chi connectivity index (χ1v) is 19.2. The molecule has 8 aromatic carbocycles. The van der Waals surface area contributed by atoms with Crippen LogP contribution >= 0.6 is 0 Å². The molecule has 1 aliphatic heterocycles. The van der Waals surface area contributed by atoms with Crippen molar-refractivity contribution < 1.29 is 8.83 Å². The van der Waals surface area contributed by atoms with E-state index < -0.39 is 6.17 Å². The smallest absolute Gasteiger partial charge is 0.159 e. The fraction of sp³-hybridized carbons (Fsp3) is 0.0196. The first-order chi connectivity index (χ1) is 28.2. The highest BCUT2D eigenvalue weighted by Crippen LogP contribution is 2.42. The molecule has 0 radical (unpaired) electrons. The third-order valence-corrected chi connectivity index (χ3v) is 11.3. The Kier molecular flexibility index (Phi) is 6.89. The molecule has 57 heavy (non-hydrogen) atoms. The van der Waals surface area contributed by atoms with E-state index >= 15 is 0 Å². The third-order valence-electron chi connectivity index (χ3n) is 11.3. The maximum Gasteiger partial charge on any atom is 0.159 e. The Morgan fingerprint density at radius 2 is 1.18 bits per heavy atom. The minimum atomic E-state index is -0.417. The highest BCUT2D eigenvalue weighted by molar-refractivity contribution is 6.16. The summed E-state index contributed by atoms with van der Waals surface area (Å²) in [6.45, 7) is 0. The van der Waals surface area contributed by atoms with E-state index in [0.29, 0.717) is 5.84 Å². The Balaban J connectivity index is 0.971. The summed E-state index contributed by atoms with van der Waals surface area (Å²) in [6.07, 6.45) is -0.417. The SMILES string of the molecule is c1ccc(C2=NC(c3cccc4c3oc3cccc(-c5ccc6c(c5)oc5ccc(-n7c8ccccc8c8ccccc87)cc56)c34)NC(c3ccccc3)=N2)cc1. The van der Waals surface area contributed by atoms with Crippen LogP contribution in [0.5, 0.6) is 0 Å². The van der Waals surface area contributed by atoms with Crippen molar-refractivity contribution in [2.75, 3.05) is 0 Å². The predicted molar refractivity (Wildman–Crippen MR) is 233 cm³/mol. The topological polar surface area (TPSA) is 68.0 Å². The molecule has 1 N–H and O–H groups in total. The second kappa shape index (κ2) is 12.4. The molecular formula is C51H32N4O2. The average Bonchev–Trinajstić information content (AvgIpc) is 3.96. The quantitative estimate of drug-likeness (QED) is 0.192. The Bertz CT molecular complexity index is 3390. The van der Waals surface area contributed by atoms with E-state index in [-0.39, 0.29) is 0 Å². The molecule has 4 heterocycles. The Morgan fingerprint density at radius 3 is 1.96 bits per heavy atom. The molecule has 1 aliphatic rings. The standard InChI is InChI=1S/C51H32N4O2/c1-3-13-31(14-4-1)49-52-50(32-15-5-2-6-16-32)54-51(53-49)40-21-11-20-39-47-35(19-12-24-45(47)57-48(39)40)33-25-27-38-41-30-34(26-28-44(41)56-46(38)29-33)55-42-22-9-7-17-36(42)37-18-8-10-23-43(37)55/h1-30,51H,(H,52,53,54). The van der Waals surface area contributed by atoms with Gasteiger partial charge in [0.05, 0.1) is 11.0 Å². The minimum Gasteiger partial charge on any atom is -0.456 e. The molecule has 0 spiro atoms. The number of fused-ring (bicyclic) bond motifs is 9. The highest BCUT2D eigenvalue weighted by Gasteiger charge is 2.25. The molecule has 1 atom stereocenters. The molecule has 1 unspecified atom stereocenters. The zero-order valence-electron chi connectivity index (χ0n) is 30.6. The summed E-state index contributed by atoms with van der Waals surface area (Å²) in [7, 11) is 0. The zero-order valence-corrected chi connectivity index (χ0v) is 30.6. The van der Waals surface area contributed by atoms with Crippen molar-refractivity contribution in [1.29, 1.82) is 0 Å². The predicted octanol–water partition coefficient (Wildman–Crippen LogP) is 12.7. The number of furan rings is 2. The van der Waals surface area contributed by atoms with Gasteiger partial charge in [0.2, 0.25) is 0 Å². The summed E-state index contributed by atoms with van der Waals surface area (Å²) in [6, 6.07) is 63.2. The summed E-state index contributed by atoms with van der Waals surface area (Å²) >= 11 is 0. The van der Waals surface area contributed by atoms with Crippen LogP contribution in [0.2, 0.25) is 0 Å². The van der Waals surface area contributed by atoms with Crippen LogP contribution in [0.3, 0.4) is 0 Å². The van der Waals surface area contributed by atoms with Crippen LogP contribution in [0, 0.1) is 0 Å². The van der Waals surface area contributed by atoms with Gasteiger partial charge < -0.3 is 18.7 Å². The van der Waals surface area contributed by atoms with Crippen molar-refractivity contribution in [1.82, 2.24) is 9.88 Å². The van der Waals surface area contributed by atoms with Gasteiger partial charge in [0.25, 0.3) is 0 Å². The molecule has 0 saturated heterocycles. The van der Waals surface area contributed by atoms with Crippen LogP contribution in [0.1, 0.15) is 22.9 Å². The monoisotopic (exact) mass is 732 g/mol. The van der Waals surface area contributed by atoms with Gasteiger partial charge in [-0.1, -0.05) is 133 Å². The number of aliphatic imine (C=N–C) groups is 2. The first-order valence-electron chi connectivity index (χ1n) is 19.2. The molecule has 0 saturated carbocycles. The number of amidine groups is 2. The van der Waals surface area contributed by atoms with Crippen molar-refractivity contribution >= 4 is 77.4 Å². The van der Waals surface area contributed by atoms with E-state index in [1.165, 1.54) is 21.8 Å². The lowest BCUT2D eigenvalue weighted by Crippen LogP contribution is -2.33. The van der Waals surface area contributed by atoms with Crippen molar-refractivity contribution in [2.24, 2.45) is 9.98 Å². The van der Waals surface area contributed by atoms with Crippen molar-refractivity contribution in [3.8, 4) is 16.8 Å². The molecule has 0 amide bonds. The van der Waals surface area contributed by atoms with Gasteiger partial charge in [-0.15, -0.1) is 0 Å². The molecule has 0 fully saturated rings. The van der Waals surface area contributed by atoms with Crippen LogP contribution < -0.4 is 5.32 Å². The molecule has 268 valence electrons. The van der Waals surface area contributed by atoms with Crippen molar-refractivity contribution in [2.45, 2.75) is 6.17 Å². The van der Waals surface area contributed by atoms with Crippen LogP contribution in [-0.2, 0) is 0 Å². The number of rotatable bonds is 5. The van der Waals surface area contributed by atoms with Gasteiger partial charge in [-0.2, -0.15) is 0 Å². The van der Waals surface area contributed by atoms with Gasteiger partial charge in [0.15, 0.2) is 12.0 Å². The maximum absolute atomic E-state index is 6.75. The number of aromatic nitrogens is 1. The maximum atomic E-state index is 6.75. The molecule has 0 bridgehead atoms. The Labute approximate surface area is 326 Å². The van der Waals surface area contributed by atoms with Gasteiger partial charge in [0.1, 0.15) is 28.2 Å². The highest BCUT2D eigenvalue weighted by atomic mass is 16.3. The molecule has 12 rings (SSSR count). The van der Waals surface area contributed by atoms with E-state index in [9.17, 15) is 0 Å². The minimum absolute atomic E-state index is 0.417. The first kappa shape index (κ1) is 31.6. The number of benzene rings is 8. The van der Waals surface area contributed by atoms with Crippen LogP contribution in [0.15, 0.2) is 201 Å². The van der Waals surface area contributed by atoms with E-state index in [1.807, 2.05) is 54.6 Å². The fourth-order valence-corrected chi connectivity index (χ4v) is 8.67. The lowest BCUT2D eigenvalue weighted by Gasteiger charge is -2.23. The normalized spacial score (nSPS) is 14.5. The summed E-state index contributed by atoms with van der Waals surface area (Å²) in [5, 5.41) is 10.4. The Morgan fingerprint density at radius 1 is 0.474 bits per heavy atom. The van der Waals surface area contributed by atoms with Gasteiger partial charge >= 0.3 is 0 Å². The van der Waals surface area contributed by atoms with Gasteiger partial charge in [-0.3, -0.25) is 0 Å². The van der Waals surface area contributed by atoms with E-state index in [4.69, 9.17) is 18.8 Å². The number of nitrogens with one attached hydrogen (secondary N) is 1. The molecule has 0 aliphatic carbocycles. The number of hydrogen-bond donors (Lipinski definition) is 1. The molecule has 3 aromatic heterocycles. The largest absolute Gasteiger partial charge is 0.456 e. The average molecular weight is 733 g/mol. The van der Waals surface area contributed by atoms with Crippen molar-refractivity contribution in [3.63, 3.8) is 0 Å².